The molecule has 4 heterocycles. The highest BCUT2D eigenvalue weighted by atomic mass is 16.5. The number of benzene rings is 1. The monoisotopic (exact) mass is 480 g/mol. The summed E-state index contributed by atoms with van der Waals surface area (Å²) < 4.78 is 6.80. The highest BCUT2D eigenvalue weighted by Crippen LogP contribution is 2.40. The molecule has 2 aromatic rings. The first-order valence-electron chi connectivity index (χ1n) is 12.6. The Morgan fingerprint density at radius 2 is 1.63 bits per heavy atom. The minimum atomic E-state index is -0.112. The van der Waals surface area contributed by atoms with Crippen molar-refractivity contribution in [2.45, 2.75) is 32.9 Å². The zero-order valence-electron chi connectivity index (χ0n) is 20.9. The van der Waals surface area contributed by atoms with Crippen LogP contribution in [0.2, 0.25) is 0 Å². The average Bonchev–Trinajstić information content (AvgIpc) is 3.61. The summed E-state index contributed by atoms with van der Waals surface area (Å²) in [4.78, 5) is 33.0. The number of nitrogens with zero attached hydrogens (tertiary/aromatic N) is 6. The quantitative estimate of drug-likeness (QED) is 0.654. The van der Waals surface area contributed by atoms with Crippen molar-refractivity contribution < 1.29 is 14.3 Å². The van der Waals surface area contributed by atoms with E-state index in [9.17, 15) is 9.59 Å². The number of amides is 2. The average molecular weight is 481 g/mol. The van der Waals surface area contributed by atoms with Crippen molar-refractivity contribution in [3.8, 4) is 0 Å². The van der Waals surface area contributed by atoms with Crippen molar-refractivity contribution in [3.05, 3.63) is 47.8 Å². The van der Waals surface area contributed by atoms with Crippen molar-refractivity contribution >= 4 is 17.6 Å². The van der Waals surface area contributed by atoms with Gasteiger partial charge in [-0.1, -0.05) is 24.3 Å². The molecule has 1 aromatic carbocycles. The molecule has 9 nitrogen and oxygen atoms in total. The maximum Gasteiger partial charge on any atom is 0.344 e. The number of hydrogen-bond donors (Lipinski definition) is 0. The highest BCUT2D eigenvalue weighted by molar-refractivity contribution is 5.91. The van der Waals surface area contributed by atoms with Gasteiger partial charge in [-0.15, -0.1) is 0 Å². The van der Waals surface area contributed by atoms with Crippen molar-refractivity contribution in [2.75, 3.05) is 64.4 Å². The third kappa shape index (κ3) is 5.42. The summed E-state index contributed by atoms with van der Waals surface area (Å²) in [5, 5.41) is 4.21. The molecular formula is C26H36N6O3. The molecule has 188 valence electrons. The van der Waals surface area contributed by atoms with Crippen molar-refractivity contribution in [3.63, 3.8) is 0 Å². The van der Waals surface area contributed by atoms with Gasteiger partial charge in [-0.3, -0.25) is 14.6 Å². The molecule has 2 amide bonds. The van der Waals surface area contributed by atoms with E-state index < -0.39 is 0 Å². The highest BCUT2D eigenvalue weighted by Gasteiger charge is 2.45. The summed E-state index contributed by atoms with van der Waals surface area (Å²) in [5.74, 6) is -0.0880. The van der Waals surface area contributed by atoms with E-state index in [0.29, 0.717) is 5.69 Å². The molecule has 0 bridgehead atoms. The van der Waals surface area contributed by atoms with Gasteiger partial charge in [0.25, 0.3) is 0 Å². The van der Waals surface area contributed by atoms with E-state index in [0.717, 1.165) is 78.4 Å². The Morgan fingerprint density at radius 3 is 2.31 bits per heavy atom. The number of hydrogen-bond acceptors (Lipinski definition) is 6. The maximum absolute atomic E-state index is 13.0. The third-order valence-electron chi connectivity index (χ3n) is 7.79. The fraction of sp³-hybridized carbons (Fsp3) is 0.577. The van der Waals surface area contributed by atoms with E-state index >= 15 is 0 Å². The molecule has 5 rings (SSSR count). The van der Waals surface area contributed by atoms with Gasteiger partial charge < -0.3 is 14.5 Å². The molecule has 3 fully saturated rings. The second-order valence-corrected chi connectivity index (χ2v) is 10.3. The summed E-state index contributed by atoms with van der Waals surface area (Å²) in [6.45, 7) is 10.7. The fourth-order valence-corrected chi connectivity index (χ4v) is 5.54. The van der Waals surface area contributed by atoms with Gasteiger partial charge in [0.05, 0.1) is 31.3 Å². The Kier molecular flexibility index (Phi) is 6.91. The Morgan fingerprint density at radius 1 is 0.971 bits per heavy atom. The number of carbonyl (C=O) groups excluding carboxylic acids is 2. The number of rotatable bonds is 5. The number of ether oxygens (including phenoxy) is 1. The summed E-state index contributed by atoms with van der Waals surface area (Å²) in [6, 6.07) is 8.93. The van der Waals surface area contributed by atoms with Gasteiger partial charge in [-0.2, -0.15) is 9.78 Å². The van der Waals surface area contributed by atoms with E-state index in [1.54, 1.807) is 19.4 Å². The van der Waals surface area contributed by atoms with Gasteiger partial charge in [0.1, 0.15) is 0 Å². The van der Waals surface area contributed by atoms with Gasteiger partial charge in [-0.25, -0.2) is 4.79 Å². The van der Waals surface area contributed by atoms with Crippen molar-refractivity contribution in [2.24, 2.45) is 5.41 Å². The van der Waals surface area contributed by atoms with Crippen molar-refractivity contribution in [1.29, 1.82) is 0 Å². The standard InChI is InChI=1S/C26H36N6O3/c1-21(33)28(2)24-15-27-32(18-24)25(34)31-10-8-26(20-31)7-9-30(19-26)17-23-5-3-22(4-6-23)16-29-11-13-35-14-12-29/h3-6,15,18H,7-14,16-17,19-20H2,1-2H3. The Bertz CT molecular complexity index is 1050. The van der Waals surface area contributed by atoms with Crippen LogP contribution in [0, 0.1) is 5.41 Å². The van der Waals surface area contributed by atoms with Crippen LogP contribution in [0.15, 0.2) is 36.7 Å². The Labute approximate surface area is 207 Å². The van der Waals surface area contributed by atoms with Crippen LogP contribution in [0.25, 0.3) is 0 Å². The van der Waals surface area contributed by atoms with Crippen LogP contribution in [0.1, 0.15) is 30.9 Å². The van der Waals surface area contributed by atoms with Crippen LogP contribution in [-0.4, -0.2) is 95.9 Å². The molecule has 3 saturated heterocycles. The third-order valence-corrected chi connectivity index (χ3v) is 7.79. The van der Waals surface area contributed by atoms with E-state index in [2.05, 4.69) is 39.2 Å². The van der Waals surface area contributed by atoms with Crippen molar-refractivity contribution in [1.82, 2.24) is 24.5 Å². The topological polar surface area (TPSA) is 74.2 Å². The number of aromatic nitrogens is 2. The predicted octanol–water partition coefficient (Wildman–Crippen LogP) is 2.26. The SMILES string of the molecule is CC(=O)N(C)c1cnn(C(=O)N2CCC3(CCN(Cc4ccc(CN5CCOCC5)cc4)C3)C2)c1. The molecule has 1 spiro atoms. The number of morpholine rings is 1. The van der Waals surface area contributed by atoms with Crippen LogP contribution < -0.4 is 4.90 Å². The molecule has 1 unspecified atom stereocenters. The molecule has 1 atom stereocenters. The lowest BCUT2D eigenvalue weighted by atomic mass is 9.86. The van der Waals surface area contributed by atoms with Crippen LogP contribution >= 0.6 is 0 Å². The maximum atomic E-state index is 13.0. The van der Waals surface area contributed by atoms with Crippen LogP contribution in [0.4, 0.5) is 10.5 Å². The fourth-order valence-electron chi connectivity index (χ4n) is 5.54. The Balaban J connectivity index is 1.13. The normalized spacial score (nSPS) is 23.3. The molecule has 35 heavy (non-hydrogen) atoms. The minimum absolute atomic E-state index is 0.0880. The van der Waals surface area contributed by atoms with Gasteiger partial charge in [0.2, 0.25) is 5.91 Å². The largest absolute Gasteiger partial charge is 0.379 e. The first kappa shape index (κ1) is 24.0. The second-order valence-electron chi connectivity index (χ2n) is 10.3. The molecule has 0 aliphatic carbocycles. The molecule has 9 heteroatoms. The van der Waals surface area contributed by atoms with Gasteiger partial charge in [-0.05, 0) is 30.5 Å². The van der Waals surface area contributed by atoms with E-state index in [4.69, 9.17) is 4.74 Å². The Hall–Kier alpha value is -2.75. The lowest BCUT2D eigenvalue weighted by molar-refractivity contribution is -0.116. The number of carbonyl (C=O) groups is 2. The van der Waals surface area contributed by atoms with Crippen LogP contribution in [-0.2, 0) is 22.6 Å². The zero-order valence-corrected chi connectivity index (χ0v) is 20.9. The molecule has 0 saturated carbocycles. The first-order chi connectivity index (χ1) is 16.9. The van der Waals surface area contributed by atoms with Gasteiger partial charge >= 0.3 is 6.03 Å². The van der Waals surface area contributed by atoms with Gasteiger partial charge in [0, 0.05) is 65.2 Å². The van der Waals surface area contributed by atoms with E-state index in [-0.39, 0.29) is 17.4 Å². The molecule has 3 aliphatic heterocycles. The summed E-state index contributed by atoms with van der Waals surface area (Å²) in [6.07, 6.45) is 5.34. The first-order valence-corrected chi connectivity index (χ1v) is 12.6. The lowest BCUT2D eigenvalue weighted by Crippen LogP contribution is -2.36. The van der Waals surface area contributed by atoms with Gasteiger partial charge in [0.15, 0.2) is 0 Å². The number of likely N-dealkylation sites (tertiary alicyclic amines) is 2. The van der Waals surface area contributed by atoms with Crippen LogP contribution in [0.3, 0.4) is 0 Å². The minimum Gasteiger partial charge on any atom is -0.379 e. The lowest BCUT2D eigenvalue weighted by Gasteiger charge is -2.26. The van der Waals surface area contributed by atoms with E-state index in [1.807, 2.05) is 4.90 Å². The summed E-state index contributed by atoms with van der Waals surface area (Å²) in [5.41, 5.74) is 3.49. The smallest absolute Gasteiger partial charge is 0.344 e. The predicted molar refractivity (Wildman–Crippen MR) is 133 cm³/mol. The summed E-state index contributed by atoms with van der Waals surface area (Å²) in [7, 11) is 1.68. The second kappa shape index (κ2) is 10.1. The molecular weight excluding hydrogens is 444 g/mol. The van der Waals surface area contributed by atoms with Crippen LogP contribution in [0.5, 0.6) is 0 Å². The molecule has 0 N–H and O–H groups in total. The molecule has 0 radical (unpaired) electrons. The zero-order chi connectivity index (χ0) is 24.4. The molecule has 3 aliphatic rings. The summed E-state index contributed by atoms with van der Waals surface area (Å²) >= 11 is 0. The number of anilines is 1. The molecule has 1 aromatic heterocycles. The van der Waals surface area contributed by atoms with E-state index in [1.165, 1.54) is 27.6 Å².